The molecule has 2 rings (SSSR count). The van der Waals surface area contributed by atoms with Gasteiger partial charge in [-0.1, -0.05) is 0 Å². The van der Waals surface area contributed by atoms with Crippen LogP contribution in [-0.2, 0) is 14.8 Å². The highest BCUT2D eigenvalue weighted by Crippen LogP contribution is 2.37. The molecule has 0 amide bonds. The number of benzene rings is 1. The van der Waals surface area contributed by atoms with Gasteiger partial charge in [0.15, 0.2) is 11.5 Å². The van der Waals surface area contributed by atoms with Crippen molar-refractivity contribution in [3.8, 4) is 11.5 Å². The van der Waals surface area contributed by atoms with Crippen LogP contribution in [0.2, 0.25) is 0 Å². The monoisotopic (exact) mass is 345 g/mol. The zero-order valence-electron chi connectivity index (χ0n) is 12.9. The van der Waals surface area contributed by atoms with Crippen LogP contribution in [0.3, 0.4) is 0 Å². The number of aromatic carboxylic acids is 1. The number of hydrogen-bond acceptors (Lipinski definition) is 6. The highest BCUT2D eigenvalue weighted by atomic mass is 32.2. The van der Waals surface area contributed by atoms with E-state index in [0.717, 1.165) is 6.42 Å². The zero-order chi connectivity index (χ0) is 17.0. The average Bonchev–Trinajstić information content (AvgIpc) is 2.97. The van der Waals surface area contributed by atoms with Crippen LogP contribution < -0.4 is 14.2 Å². The molecule has 0 bridgehead atoms. The maximum Gasteiger partial charge on any atom is 0.335 e. The van der Waals surface area contributed by atoms with Gasteiger partial charge in [-0.25, -0.2) is 13.2 Å². The van der Waals surface area contributed by atoms with Gasteiger partial charge in [0, 0.05) is 6.61 Å². The maximum atomic E-state index is 12.3. The Hall–Kier alpha value is -2.00. The lowest BCUT2D eigenvalue weighted by Crippen LogP contribution is -2.26. The van der Waals surface area contributed by atoms with E-state index >= 15 is 0 Å². The van der Waals surface area contributed by atoms with Crippen molar-refractivity contribution in [1.29, 1.82) is 0 Å². The molecule has 1 aromatic carbocycles. The second-order valence-corrected chi connectivity index (χ2v) is 6.85. The van der Waals surface area contributed by atoms with Crippen LogP contribution in [0.25, 0.3) is 0 Å². The summed E-state index contributed by atoms with van der Waals surface area (Å²) in [6.07, 6.45) is 1.14. The number of nitrogens with one attached hydrogen (secondary N) is 1. The Morgan fingerprint density at radius 2 is 2.13 bits per heavy atom. The Labute approximate surface area is 134 Å². The first-order valence-electron chi connectivity index (χ1n) is 6.97. The minimum Gasteiger partial charge on any atom is -0.493 e. The lowest BCUT2D eigenvalue weighted by molar-refractivity contribution is 0.0696. The average molecular weight is 345 g/mol. The maximum absolute atomic E-state index is 12.3. The van der Waals surface area contributed by atoms with Crippen molar-refractivity contribution in [1.82, 2.24) is 0 Å². The Balaban J connectivity index is 2.32. The molecule has 1 heterocycles. The Morgan fingerprint density at radius 3 is 2.65 bits per heavy atom. The van der Waals surface area contributed by atoms with Crippen LogP contribution in [0.4, 0.5) is 5.69 Å². The van der Waals surface area contributed by atoms with Crippen molar-refractivity contribution in [3.63, 3.8) is 0 Å². The van der Waals surface area contributed by atoms with Gasteiger partial charge in [-0.15, -0.1) is 0 Å². The number of hydrogen-bond donors (Lipinski definition) is 2. The number of rotatable bonds is 7. The molecule has 0 aromatic heterocycles. The van der Waals surface area contributed by atoms with Gasteiger partial charge >= 0.3 is 5.97 Å². The normalized spacial score (nSPS) is 17.7. The second kappa shape index (κ2) is 7.05. The highest BCUT2D eigenvalue weighted by Gasteiger charge is 2.25. The highest BCUT2D eigenvalue weighted by molar-refractivity contribution is 7.92. The fourth-order valence-corrected chi connectivity index (χ4v) is 3.72. The topological polar surface area (TPSA) is 111 Å². The molecule has 1 fully saturated rings. The minimum absolute atomic E-state index is 0.0160. The Bertz CT molecular complexity index is 681. The van der Waals surface area contributed by atoms with Crippen molar-refractivity contribution < 1.29 is 32.5 Å². The molecule has 0 spiro atoms. The second-order valence-electron chi connectivity index (χ2n) is 5.08. The summed E-state index contributed by atoms with van der Waals surface area (Å²) < 4.78 is 42.4. The van der Waals surface area contributed by atoms with Gasteiger partial charge in [0.25, 0.3) is 0 Å². The van der Waals surface area contributed by atoms with Crippen molar-refractivity contribution in [2.75, 3.05) is 31.3 Å². The SMILES string of the molecule is COc1cc(C(=O)O)cc(NS(=O)(=O)CC2CCCO2)c1OC. The summed E-state index contributed by atoms with van der Waals surface area (Å²) >= 11 is 0. The van der Waals surface area contributed by atoms with Crippen molar-refractivity contribution in [2.24, 2.45) is 0 Å². The quantitative estimate of drug-likeness (QED) is 0.766. The lowest BCUT2D eigenvalue weighted by Gasteiger charge is -2.17. The molecule has 128 valence electrons. The molecule has 23 heavy (non-hydrogen) atoms. The smallest absolute Gasteiger partial charge is 0.335 e. The molecule has 9 heteroatoms. The lowest BCUT2D eigenvalue weighted by atomic mass is 10.1. The van der Waals surface area contributed by atoms with E-state index in [1.807, 2.05) is 0 Å². The van der Waals surface area contributed by atoms with Gasteiger partial charge < -0.3 is 19.3 Å². The summed E-state index contributed by atoms with van der Waals surface area (Å²) in [6.45, 7) is 0.547. The summed E-state index contributed by atoms with van der Waals surface area (Å²) in [5, 5.41) is 9.13. The summed E-state index contributed by atoms with van der Waals surface area (Å²) in [5.41, 5.74) is -0.0975. The van der Waals surface area contributed by atoms with E-state index in [2.05, 4.69) is 4.72 Å². The van der Waals surface area contributed by atoms with Crippen molar-refractivity contribution >= 4 is 21.7 Å². The number of sulfonamides is 1. The van der Waals surface area contributed by atoms with Gasteiger partial charge in [-0.2, -0.15) is 0 Å². The van der Waals surface area contributed by atoms with E-state index < -0.39 is 16.0 Å². The number of methoxy groups -OCH3 is 2. The van der Waals surface area contributed by atoms with Crippen molar-refractivity contribution in [3.05, 3.63) is 17.7 Å². The Morgan fingerprint density at radius 1 is 1.39 bits per heavy atom. The first-order chi connectivity index (χ1) is 10.9. The molecule has 0 saturated carbocycles. The Kier molecular flexibility index (Phi) is 5.32. The molecular weight excluding hydrogens is 326 g/mol. The van der Waals surface area contributed by atoms with Crippen LogP contribution in [0, 0.1) is 0 Å². The van der Waals surface area contributed by atoms with Crippen LogP contribution in [0.15, 0.2) is 12.1 Å². The molecule has 8 nitrogen and oxygen atoms in total. The van der Waals surface area contributed by atoms with Crippen LogP contribution in [0.1, 0.15) is 23.2 Å². The molecule has 1 aliphatic rings. The summed E-state index contributed by atoms with van der Waals surface area (Å²) in [4.78, 5) is 11.2. The fourth-order valence-electron chi connectivity index (χ4n) is 2.39. The predicted molar refractivity (Wildman–Crippen MR) is 82.9 cm³/mol. The van der Waals surface area contributed by atoms with Crippen molar-refractivity contribution in [2.45, 2.75) is 18.9 Å². The molecule has 1 saturated heterocycles. The summed E-state index contributed by atoms with van der Waals surface area (Å²) in [5.74, 6) is -1.16. The van der Waals surface area contributed by atoms with E-state index in [9.17, 15) is 13.2 Å². The molecule has 1 atom stereocenters. The number of carboxylic acid groups (broad SMARTS) is 1. The third-order valence-corrected chi connectivity index (χ3v) is 4.76. The number of carbonyl (C=O) groups is 1. The number of ether oxygens (including phenoxy) is 3. The van der Waals surface area contributed by atoms with E-state index in [4.69, 9.17) is 19.3 Å². The summed E-state index contributed by atoms with van der Waals surface area (Å²) in [6, 6.07) is 2.45. The van der Waals surface area contributed by atoms with Gasteiger partial charge in [0.1, 0.15) is 0 Å². The van der Waals surface area contributed by atoms with Gasteiger partial charge in [-0.05, 0) is 25.0 Å². The third kappa shape index (κ3) is 4.26. The predicted octanol–water partition coefficient (Wildman–Crippen LogP) is 1.32. The molecule has 1 aliphatic heterocycles. The van der Waals surface area contributed by atoms with Gasteiger partial charge in [0.2, 0.25) is 10.0 Å². The van der Waals surface area contributed by atoms with E-state index in [0.29, 0.717) is 13.0 Å². The summed E-state index contributed by atoms with van der Waals surface area (Å²) in [7, 11) is -1.04. The minimum atomic E-state index is -3.72. The molecule has 1 unspecified atom stereocenters. The zero-order valence-corrected chi connectivity index (χ0v) is 13.7. The number of anilines is 1. The van der Waals surface area contributed by atoms with Crippen LogP contribution >= 0.6 is 0 Å². The molecule has 0 radical (unpaired) electrons. The van der Waals surface area contributed by atoms with E-state index in [1.54, 1.807) is 0 Å². The molecule has 0 aliphatic carbocycles. The van der Waals surface area contributed by atoms with E-state index in [-0.39, 0.29) is 34.6 Å². The standard InChI is InChI=1S/C14H19NO7S/c1-20-12-7-9(14(16)17)6-11(13(12)21-2)15-23(18,19)8-10-4-3-5-22-10/h6-7,10,15H,3-5,8H2,1-2H3,(H,16,17). The molecule has 2 N–H and O–H groups in total. The van der Waals surface area contributed by atoms with Crippen LogP contribution in [-0.4, -0.2) is 52.2 Å². The largest absolute Gasteiger partial charge is 0.493 e. The third-order valence-electron chi connectivity index (χ3n) is 3.42. The fraction of sp³-hybridized carbons (Fsp3) is 0.500. The van der Waals surface area contributed by atoms with Gasteiger partial charge in [0.05, 0.1) is 37.3 Å². The van der Waals surface area contributed by atoms with Gasteiger partial charge in [-0.3, -0.25) is 4.72 Å². The first kappa shape index (κ1) is 17.4. The number of carboxylic acids is 1. The molecular formula is C14H19NO7S. The first-order valence-corrected chi connectivity index (χ1v) is 8.63. The van der Waals surface area contributed by atoms with E-state index in [1.165, 1.54) is 26.4 Å². The van der Waals surface area contributed by atoms with Crippen LogP contribution in [0.5, 0.6) is 11.5 Å². The molecule has 1 aromatic rings.